The van der Waals surface area contributed by atoms with Gasteiger partial charge in [-0.05, 0) is 39.2 Å². The smallest absolute Gasteiger partial charge is 0.311 e. The summed E-state index contributed by atoms with van der Waals surface area (Å²) in [5.41, 5.74) is -0.793. The Balaban J connectivity index is 1.88. The lowest BCUT2D eigenvalue weighted by Gasteiger charge is -2.28. The molecule has 1 aliphatic heterocycles. The maximum Gasteiger partial charge on any atom is 0.311 e. The zero-order valence-corrected chi connectivity index (χ0v) is 10.9. The van der Waals surface area contributed by atoms with E-state index in [1.165, 1.54) is 0 Å². The van der Waals surface area contributed by atoms with Gasteiger partial charge in [0.1, 0.15) is 0 Å². The predicted molar refractivity (Wildman–Crippen MR) is 67.2 cm³/mol. The first-order valence-electron chi connectivity index (χ1n) is 6.78. The van der Waals surface area contributed by atoms with Crippen molar-refractivity contribution in [2.45, 2.75) is 57.5 Å². The molecule has 2 rings (SSSR count). The van der Waals surface area contributed by atoms with Crippen LogP contribution >= 0.6 is 0 Å². The van der Waals surface area contributed by atoms with Gasteiger partial charge in [-0.2, -0.15) is 0 Å². The van der Waals surface area contributed by atoms with Gasteiger partial charge in [0.15, 0.2) is 0 Å². The van der Waals surface area contributed by atoms with Gasteiger partial charge in [0, 0.05) is 18.5 Å². The maximum absolute atomic E-state index is 11.9. The second-order valence-corrected chi connectivity index (χ2v) is 5.73. The summed E-state index contributed by atoms with van der Waals surface area (Å²) < 4.78 is 0. The lowest BCUT2D eigenvalue weighted by molar-refractivity contribution is -0.149. The normalized spacial score (nSPS) is 35.6. The van der Waals surface area contributed by atoms with Crippen molar-refractivity contribution in [3.05, 3.63) is 0 Å². The van der Waals surface area contributed by atoms with Crippen LogP contribution in [0.1, 0.15) is 45.4 Å². The Bertz CT molecular complexity index is 339. The number of carboxylic acid groups (broad SMARTS) is 1. The molecule has 0 aromatic carbocycles. The third kappa shape index (κ3) is 2.66. The summed E-state index contributed by atoms with van der Waals surface area (Å²) in [6, 6.07) is 0.0476. The fourth-order valence-corrected chi connectivity index (χ4v) is 3.06. The average Bonchev–Trinajstić information content (AvgIpc) is 2.90. The van der Waals surface area contributed by atoms with E-state index in [-0.39, 0.29) is 18.0 Å². The second kappa shape index (κ2) is 5.26. The highest BCUT2D eigenvalue weighted by Gasteiger charge is 2.45. The van der Waals surface area contributed by atoms with E-state index in [0.29, 0.717) is 12.8 Å². The van der Waals surface area contributed by atoms with Crippen molar-refractivity contribution < 1.29 is 14.7 Å². The minimum atomic E-state index is -0.802. The molecule has 2 fully saturated rings. The van der Waals surface area contributed by atoms with Crippen LogP contribution in [0.2, 0.25) is 0 Å². The van der Waals surface area contributed by atoms with E-state index < -0.39 is 11.4 Å². The summed E-state index contributed by atoms with van der Waals surface area (Å²) in [4.78, 5) is 23.2. The summed E-state index contributed by atoms with van der Waals surface area (Å²) in [5, 5.41) is 15.5. The Kier molecular flexibility index (Phi) is 3.90. The van der Waals surface area contributed by atoms with Crippen molar-refractivity contribution in [2.24, 2.45) is 5.41 Å². The summed E-state index contributed by atoms with van der Waals surface area (Å²) in [7, 11) is 0. The van der Waals surface area contributed by atoms with Gasteiger partial charge in [0.25, 0.3) is 0 Å². The Morgan fingerprint density at radius 2 is 2.17 bits per heavy atom. The number of aliphatic carboxylic acids is 1. The zero-order valence-electron chi connectivity index (χ0n) is 10.9. The summed E-state index contributed by atoms with van der Waals surface area (Å²) in [5.74, 6) is -0.821. The van der Waals surface area contributed by atoms with Crippen LogP contribution in [-0.4, -0.2) is 35.6 Å². The number of carbonyl (C=O) groups is 2. The molecule has 1 amide bonds. The van der Waals surface area contributed by atoms with Crippen molar-refractivity contribution in [3.8, 4) is 0 Å². The molecule has 3 atom stereocenters. The molecule has 0 bridgehead atoms. The van der Waals surface area contributed by atoms with Crippen LogP contribution in [0.15, 0.2) is 0 Å². The molecule has 3 N–H and O–H groups in total. The van der Waals surface area contributed by atoms with Gasteiger partial charge in [-0.25, -0.2) is 0 Å². The highest BCUT2D eigenvalue weighted by atomic mass is 16.4. The van der Waals surface area contributed by atoms with Crippen molar-refractivity contribution >= 4 is 11.9 Å². The Hall–Kier alpha value is -1.10. The SMILES string of the molecule is CC1(C(=O)O)CCCC1NC(=O)CC1CCCN1. The standard InChI is InChI=1S/C13H22N2O3/c1-13(12(17)18)6-2-5-10(13)15-11(16)8-9-4-3-7-14-9/h9-10,14H,2-8H2,1H3,(H,15,16)(H,17,18). The monoisotopic (exact) mass is 254 g/mol. The van der Waals surface area contributed by atoms with E-state index in [4.69, 9.17) is 0 Å². The highest BCUT2D eigenvalue weighted by molar-refractivity contribution is 5.80. The highest BCUT2D eigenvalue weighted by Crippen LogP contribution is 2.38. The number of hydrogen-bond donors (Lipinski definition) is 3. The third-order valence-electron chi connectivity index (χ3n) is 4.38. The predicted octanol–water partition coefficient (Wildman–Crippen LogP) is 0.888. The van der Waals surface area contributed by atoms with E-state index >= 15 is 0 Å². The van der Waals surface area contributed by atoms with Gasteiger partial charge in [-0.15, -0.1) is 0 Å². The van der Waals surface area contributed by atoms with Gasteiger partial charge in [0.2, 0.25) is 5.91 Å². The molecule has 1 aliphatic carbocycles. The van der Waals surface area contributed by atoms with E-state index in [2.05, 4.69) is 10.6 Å². The molecule has 5 heteroatoms. The summed E-state index contributed by atoms with van der Waals surface area (Å²) in [6.07, 6.45) is 4.91. The quantitative estimate of drug-likeness (QED) is 0.696. The second-order valence-electron chi connectivity index (χ2n) is 5.73. The molecule has 18 heavy (non-hydrogen) atoms. The number of carbonyl (C=O) groups excluding carboxylic acids is 1. The van der Waals surface area contributed by atoms with Crippen LogP contribution in [0, 0.1) is 5.41 Å². The van der Waals surface area contributed by atoms with E-state index in [9.17, 15) is 14.7 Å². The van der Waals surface area contributed by atoms with Crippen molar-refractivity contribution in [3.63, 3.8) is 0 Å². The third-order valence-corrected chi connectivity index (χ3v) is 4.38. The van der Waals surface area contributed by atoms with Crippen LogP contribution in [0.4, 0.5) is 0 Å². The largest absolute Gasteiger partial charge is 0.481 e. The Morgan fingerprint density at radius 3 is 2.78 bits per heavy atom. The number of amides is 1. The maximum atomic E-state index is 11.9. The molecule has 1 saturated heterocycles. The van der Waals surface area contributed by atoms with E-state index in [1.54, 1.807) is 6.92 Å². The van der Waals surface area contributed by atoms with E-state index in [0.717, 1.165) is 32.2 Å². The first-order chi connectivity index (χ1) is 8.52. The van der Waals surface area contributed by atoms with Gasteiger partial charge >= 0.3 is 5.97 Å². The van der Waals surface area contributed by atoms with Crippen LogP contribution in [0.3, 0.4) is 0 Å². The molecule has 0 aromatic rings. The molecular weight excluding hydrogens is 232 g/mol. The minimum Gasteiger partial charge on any atom is -0.481 e. The lowest BCUT2D eigenvalue weighted by atomic mass is 9.85. The first kappa shape index (κ1) is 13.3. The van der Waals surface area contributed by atoms with Gasteiger partial charge in [-0.1, -0.05) is 6.42 Å². The Morgan fingerprint density at radius 1 is 1.39 bits per heavy atom. The minimum absolute atomic E-state index is 0.0197. The average molecular weight is 254 g/mol. The first-order valence-corrected chi connectivity index (χ1v) is 6.78. The molecule has 0 aromatic heterocycles. The van der Waals surface area contributed by atoms with Crippen LogP contribution < -0.4 is 10.6 Å². The van der Waals surface area contributed by atoms with Crippen molar-refractivity contribution in [1.82, 2.24) is 10.6 Å². The van der Waals surface area contributed by atoms with E-state index in [1.807, 2.05) is 0 Å². The number of rotatable bonds is 4. The van der Waals surface area contributed by atoms with Gasteiger partial charge in [-0.3, -0.25) is 9.59 Å². The molecule has 3 unspecified atom stereocenters. The van der Waals surface area contributed by atoms with Crippen LogP contribution in [0.25, 0.3) is 0 Å². The molecule has 0 spiro atoms. The number of nitrogens with one attached hydrogen (secondary N) is 2. The van der Waals surface area contributed by atoms with Crippen molar-refractivity contribution in [2.75, 3.05) is 6.54 Å². The number of carboxylic acids is 1. The van der Waals surface area contributed by atoms with Crippen LogP contribution in [-0.2, 0) is 9.59 Å². The molecular formula is C13H22N2O3. The summed E-state index contributed by atoms with van der Waals surface area (Å²) in [6.45, 7) is 2.72. The summed E-state index contributed by atoms with van der Waals surface area (Å²) >= 11 is 0. The van der Waals surface area contributed by atoms with Crippen LogP contribution in [0.5, 0.6) is 0 Å². The number of hydrogen-bond acceptors (Lipinski definition) is 3. The van der Waals surface area contributed by atoms with Gasteiger partial charge in [0.05, 0.1) is 5.41 Å². The fraction of sp³-hybridized carbons (Fsp3) is 0.846. The fourth-order valence-electron chi connectivity index (χ4n) is 3.06. The van der Waals surface area contributed by atoms with Crippen molar-refractivity contribution in [1.29, 1.82) is 0 Å². The molecule has 1 saturated carbocycles. The van der Waals surface area contributed by atoms with Gasteiger partial charge < -0.3 is 15.7 Å². The molecule has 1 heterocycles. The molecule has 0 radical (unpaired) electrons. The zero-order chi connectivity index (χ0) is 13.2. The topological polar surface area (TPSA) is 78.4 Å². The Labute approximate surface area is 107 Å². The molecule has 5 nitrogen and oxygen atoms in total. The molecule has 2 aliphatic rings. The lowest BCUT2D eigenvalue weighted by Crippen LogP contribution is -2.48. The molecule has 102 valence electrons.